The van der Waals surface area contributed by atoms with Gasteiger partial charge in [0.05, 0.1) is 16.6 Å². The average Bonchev–Trinajstić information content (AvgIpc) is 2.15. The number of hydrogen-bond donors (Lipinski definition) is 0. The molecule has 0 unspecified atom stereocenters. The maximum Gasteiger partial charge on any atom is 0.416 e. The third-order valence-electron chi connectivity index (χ3n) is 2.40. The minimum atomic E-state index is -4.52. The standard InChI is InChI=1S/C11H13F3O2S/c1-8(2)17(15,16)7-9-5-3-4-6-10(9)11(12,13)14/h3-6,8H,7H2,1-2H3. The molecule has 0 heterocycles. The fourth-order valence-electron chi connectivity index (χ4n) is 1.31. The summed E-state index contributed by atoms with van der Waals surface area (Å²) in [5.41, 5.74) is -1.09. The van der Waals surface area contributed by atoms with Gasteiger partial charge in [0.1, 0.15) is 0 Å². The van der Waals surface area contributed by atoms with Crippen molar-refractivity contribution in [1.82, 2.24) is 0 Å². The molecule has 0 saturated carbocycles. The summed E-state index contributed by atoms with van der Waals surface area (Å²) in [5, 5.41) is -0.691. The maximum absolute atomic E-state index is 12.6. The van der Waals surface area contributed by atoms with Gasteiger partial charge in [0, 0.05) is 0 Å². The zero-order valence-electron chi connectivity index (χ0n) is 9.45. The van der Waals surface area contributed by atoms with Crippen LogP contribution in [0.1, 0.15) is 25.0 Å². The molecule has 0 atom stereocenters. The van der Waals surface area contributed by atoms with Gasteiger partial charge in [-0.1, -0.05) is 18.2 Å². The SMILES string of the molecule is CC(C)S(=O)(=O)Cc1ccccc1C(F)(F)F. The Morgan fingerprint density at radius 1 is 1.18 bits per heavy atom. The number of halogens is 3. The Kier molecular flexibility index (Phi) is 3.86. The van der Waals surface area contributed by atoms with E-state index >= 15 is 0 Å². The van der Waals surface area contributed by atoms with E-state index in [0.717, 1.165) is 6.07 Å². The third-order valence-corrected chi connectivity index (χ3v) is 4.55. The fraction of sp³-hybridized carbons (Fsp3) is 0.455. The summed E-state index contributed by atoms with van der Waals surface area (Å²) in [4.78, 5) is 0. The lowest BCUT2D eigenvalue weighted by atomic mass is 10.1. The molecule has 0 bridgehead atoms. The van der Waals surface area contributed by atoms with Crippen molar-refractivity contribution in [3.8, 4) is 0 Å². The van der Waals surface area contributed by atoms with Gasteiger partial charge in [-0.2, -0.15) is 13.2 Å². The van der Waals surface area contributed by atoms with Gasteiger partial charge in [0.25, 0.3) is 0 Å². The van der Waals surface area contributed by atoms with Crippen LogP contribution in [0.4, 0.5) is 13.2 Å². The molecule has 0 N–H and O–H groups in total. The fourth-order valence-corrected chi connectivity index (χ4v) is 2.32. The van der Waals surface area contributed by atoms with Gasteiger partial charge in [0.2, 0.25) is 0 Å². The van der Waals surface area contributed by atoms with Crippen molar-refractivity contribution in [2.75, 3.05) is 0 Å². The highest BCUT2D eigenvalue weighted by Crippen LogP contribution is 2.32. The van der Waals surface area contributed by atoms with Crippen LogP contribution in [-0.2, 0) is 21.8 Å². The predicted molar refractivity (Wildman–Crippen MR) is 59.2 cm³/mol. The molecular weight excluding hydrogens is 253 g/mol. The molecule has 6 heteroatoms. The molecule has 17 heavy (non-hydrogen) atoms. The Morgan fingerprint density at radius 2 is 1.71 bits per heavy atom. The molecule has 0 radical (unpaired) electrons. The van der Waals surface area contributed by atoms with Crippen molar-refractivity contribution in [2.24, 2.45) is 0 Å². The summed E-state index contributed by atoms with van der Waals surface area (Å²) in [6.45, 7) is 2.90. The number of rotatable bonds is 3. The summed E-state index contributed by atoms with van der Waals surface area (Å²) in [6.07, 6.45) is -4.52. The zero-order chi connectivity index (χ0) is 13.3. The Morgan fingerprint density at radius 3 is 2.18 bits per heavy atom. The maximum atomic E-state index is 12.6. The van der Waals surface area contributed by atoms with E-state index in [1.54, 1.807) is 0 Å². The summed E-state index contributed by atoms with van der Waals surface area (Å²) in [7, 11) is -3.53. The number of benzene rings is 1. The molecule has 0 spiro atoms. The molecule has 2 nitrogen and oxygen atoms in total. The molecule has 0 fully saturated rings. The third kappa shape index (κ3) is 3.46. The molecule has 96 valence electrons. The highest BCUT2D eigenvalue weighted by Gasteiger charge is 2.34. The van der Waals surface area contributed by atoms with E-state index in [9.17, 15) is 21.6 Å². The molecule has 0 aliphatic heterocycles. The molecular formula is C11H13F3O2S. The second-order valence-corrected chi connectivity index (χ2v) is 6.57. The summed E-state index contributed by atoms with van der Waals surface area (Å²) in [5.74, 6) is -0.583. The average molecular weight is 266 g/mol. The highest BCUT2D eigenvalue weighted by atomic mass is 32.2. The number of sulfone groups is 1. The zero-order valence-corrected chi connectivity index (χ0v) is 10.3. The van der Waals surface area contributed by atoms with E-state index in [2.05, 4.69) is 0 Å². The topological polar surface area (TPSA) is 34.1 Å². The van der Waals surface area contributed by atoms with Crippen molar-refractivity contribution < 1.29 is 21.6 Å². The first kappa shape index (κ1) is 14.0. The van der Waals surface area contributed by atoms with Crippen LogP contribution in [0, 0.1) is 0 Å². The van der Waals surface area contributed by atoms with Gasteiger partial charge in [-0.3, -0.25) is 0 Å². The van der Waals surface area contributed by atoms with Crippen LogP contribution in [0.25, 0.3) is 0 Å². The van der Waals surface area contributed by atoms with Crippen molar-refractivity contribution in [3.63, 3.8) is 0 Å². The molecule has 0 amide bonds. The Hall–Kier alpha value is -1.04. The van der Waals surface area contributed by atoms with E-state index in [1.165, 1.54) is 32.0 Å². The number of hydrogen-bond acceptors (Lipinski definition) is 2. The summed E-state index contributed by atoms with van der Waals surface area (Å²) in [6, 6.07) is 4.74. The van der Waals surface area contributed by atoms with Gasteiger partial charge in [-0.05, 0) is 25.5 Å². The Bertz CT molecular complexity index is 490. The second-order valence-electron chi connectivity index (χ2n) is 4.01. The Balaban J connectivity index is 3.17. The highest BCUT2D eigenvalue weighted by molar-refractivity contribution is 7.91. The smallest absolute Gasteiger partial charge is 0.228 e. The van der Waals surface area contributed by atoms with Gasteiger partial charge < -0.3 is 0 Å². The predicted octanol–water partition coefficient (Wildman–Crippen LogP) is 3.03. The van der Waals surface area contributed by atoms with Crippen LogP contribution in [-0.4, -0.2) is 13.7 Å². The molecule has 1 aromatic carbocycles. The quantitative estimate of drug-likeness (QED) is 0.842. The summed E-state index contributed by atoms with van der Waals surface area (Å²) >= 11 is 0. The molecule has 0 aromatic heterocycles. The normalized spacial score (nSPS) is 13.1. The van der Waals surface area contributed by atoms with E-state index in [0.29, 0.717) is 0 Å². The number of alkyl halides is 3. The van der Waals surface area contributed by atoms with E-state index in [-0.39, 0.29) is 5.56 Å². The van der Waals surface area contributed by atoms with Gasteiger partial charge in [-0.15, -0.1) is 0 Å². The largest absolute Gasteiger partial charge is 0.416 e. The van der Waals surface area contributed by atoms with Gasteiger partial charge in [0.15, 0.2) is 9.84 Å². The van der Waals surface area contributed by atoms with Crippen LogP contribution in [0.3, 0.4) is 0 Å². The van der Waals surface area contributed by atoms with Crippen LogP contribution in [0.15, 0.2) is 24.3 Å². The lowest BCUT2D eigenvalue weighted by Gasteiger charge is -2.14. The lowest BCUT2D eigenvalue weighted by Crippen LogP contribution is -2.18. The first-order valence-corrected chi connectivity index (χ1v) is 6.73. The van der Waals surface area contributed by atoms with Crippen molar-refractivity contribution in [3.05, 3.63) is 35.4 Å². The Labute approximate surface area is 98.4 Å². The lowest BCUT2D eigenvalue weighted by molar-refractivity contribution is -0.138. The molecule has 0 saturated heterocycles. The van der Waals surface area contributed by atoms with Gasteiger partial charge in [-0.25, -0.2) is 8.42 Å². The van der Waals surface area contributed by atoms with Crippen LogP contribution < -0.4 is 0 Å². The van der Waals surface area contributed by atoms with Crippen molar-refractivity contribution in [1.29, 1.82) is 0 Å². The molecule has 1 aromatic rings. The van der Waals surface area contributed by atoms with E-state index in [1.807, 2.05) is 0 Å². The first-order valence-electron chi connectivity index (χ1n) is 5.01. The van der Waals surface area contributed by atoms with Crippen molar-refractivity contribution in [2.45, 2.75) is 31.0 Å². The second kappa shape index (κ2) is 4.68. The first-order chi connectivity index (χ1) is 7.64. The van der Waals surface area contributed by atoms with E-state index in [4.69, 9.17) is 0 Å². The van der Waals surface area contributed by atoms with Crippen LogP contribution in [0.2, 0.25) is 0 Å². The van der Waals surface area contributed by atoms with Crippen LogP contribution in [0.5, 0.6) is 0 Å². The summed E-state index contributed by atoms with van der Waals surface area (Å²) < 4.78 is 61.1. The minimum absolute atomic E-state index is 0.200. The minimum Gasteiger partial charge on any atom is -0.228 e. The molecule has 0 aliphatic carbocycles. The monoisotopic (exact) mass is 266 g/mol. The van der Waals surface area contributed by atoms with Crippen molar-refractivity contribution >= 4 is 9.84 Å². The van der Waals surface area contributed by atoms with E-state index < -0.39 is 32.6 Å². The van der Waals surface area contributed by atoms with Crippen LogP contribution >= 0.6 is 0 Å². The van der Waals surface area contributed by atoms with Gasteiger partial charge >= 0.3 is 6.18 Å². The molecule has 1 rings (SSSR count). The molecule has 0 aliphatic rings.